The largest absolute Gasteiger partial charge is 0.489 e. The minimum atomic E-state index is -0.525. The number of likely N-dealkylation sites (tertiary alicyclic amines) is 1. The van der Waals surface area contributed by atoms with Gasteiger partial charge in [-0.15, -0.1) is 0 Å². The first-order valence-corrected chi connectivity index (χ1v) is 12.6. The zero-order chi connectivity index (χ0) is 24.8. The average Bonchev–Trinajstić information content (AvgIpc) is 2.91. The van der Waals surface area contributed by atoms with Crippen molar-refractivity contribution in [1.29, 1.82) is 0 Å². The smallest absolute Gasteiger partial charge is 0.324 e. The van der Waals surface area contributed by atoms with E-state index in [1.165, 1.54) is 12.5 Å². The van der Waals surface area contributed by atoms with Gasteiger partial charge in [0.25, 0.3) is 0 Å². The van der Waals surface area contributed by atoms with Gasteiger partial charge >= 0.3 is 6.03 Å². The number of ether oxygens (including phenoxy) is 3. The Bertz CT molecular complexity index is 983. The summed E-state index contributed by atoms with van der Waals surface area (Å²) in [7, 11) is 5.23. The lowest BCUT2D eigenvalue weighted by Gasteiger charge is -2.39. The lowest BCUT2D eigenvalue weighted by molar-refractivity contribution is -0.0764. The summed E-state index contributed by atoms with van der Waals surface area (Å²) in [5.41, 5.74) is 2.06. The van der Waals surface area contributed by atoms with Gasteiger partial charge in [0.05, 0.1) is 11.7 Å². The molecule has 7 heteroatoms. The first-order chi connectivity index (χ1) is 16.9. The fraction of sp³-hybridized carbons (Fsp3) is 0.536. The van der Waals surface area contributed by atoms with Crippen molar-refractivity contribution in [2.24, 2.45) is 0 Å². The van der Waals surface area contributed by atoms with Crippen molar-refractivity contribution in [2.75, 3.05) is 39.3 Å². The van der Waals surface area contributed by atoms with Gasteiger partial charge in [-0.3, -0.25) is 4.90 Å². The minimum absolute atomic E-state index is 0.0348. The second-order valence-electron chi connectivity index (χ2n) is 9.65. The molecule has 6 nitrogen and oxygen atoms in total. The second-order valence-corrected chi connectivity index (χ2v) is 9.65. The molecule has 1 saturated heterocycles. The highest BCUT2D eigenvalue weighted by molar-refractivity contribution is 5.91. The van der Waals surface area contributed by atoms with Crippen molar-refractivity contribution in [3.05, 3.63) is 59.4 Å². The molecule has 35 heavy (non-hydrogen) atoms. The first-order valence-electron chi connectivity index (χ1n) is 12.6. The minimum Gasteiger partial charge on any atom is -0.489 e. The van der Waals surface area contributed by atoms with Crippen molar-refractivity contribution >= 4 is 11.7 Å². The fourth-order valence-electron chi connectivity index (χ4n) is 5.20. The third kappa shape index (κ3) is 5.96. The molecule has 0 N–H and O–H groups in total. The van der Waals surface area contributed by atoms with Crippen molar-refractivity contribution in [1.82, 2.24) is 4.90 Å². The molecular formula is C28H37FN2O4. The Balaban J connectivity index is 1.39. The van der Waals surface area contributed by atoms with E-state index < -0.39 is 5.60 Å². The summed E-state index contributed by atoms with van der Waals surface area (Å²) in [4.78, 5) is 16.4. The molecule has 0 aromatic heterocycles. The van der Waals surface area contributed by atoms with Gasteiger partial charge in [0.1, 0.15) is 18.2 Å². The number of hydrogen-bond donors (Lipinski definition) is 0. The fourth-order valence-corrected chi connectivity index (χ4v) is 5.20. The lowest BCUT2D eigenvalue weighted by atomic mass is 9.78. The van der Waals surface area contributed by atoms with Crippen LogP contribution in [0.25, 0.3) is 0 Å². The monoisotopic (exact) mass is 484 g/mol. The topological polar surface area (TPSA) is 51.2 Å². The van der Waals surface area contributed by atoms with E-state index in [0.29, 0.717) is 12.4 Å². The summed E-state index contributed by atoms with van der Waals surface area (Å²) < 4.78 is 31.9. The van der Waals surface area contributed by atoms with Crippen LogP contribution in [-0.2, 0) is 21.7 Å². The quantitative estimate of drug-likeness (QED) is 0.493. The number of amides is 2. The number of anilines is 1. The van der Waals surface area contributed by atoms with Crippen LogP contribution in [0.5, 0.6) is 5.75 Å². The molecule has 2 aromatic carbocycles. The Kier molecular flexibility index (Phi) is 8.29. The number of benzene rings is 2. The van der Waals surface area contributed by atoms with Crippen LogP contribution in [-0.4, -0.2) is 51.4 Å². The van der Waals surface area contributed by atoms with Crippen LogP contribution in [0.3, 0.4) is 0 Å². The van der Waals surface area contributed by atoms with Crippen molar-refractivity contribution < 1.29 is 23.4 Å². The van der Waals surface area contributed by atoms with Crippen LogP contribution in [0, 0.1) is 5.82 Å². The Hall–Kier alpha value is -2.64. The highest BCUT2D eigenvalue weighted by Crippen LogP contribution is 2.42. The Morgan fingerprint density at radius 1 is 1.06 bits per heavy atom. The maximum Gasteiger partial charge on any atom is 0.324 e. The molecule has 1 heterocycles. The Labute approximate surface area is 208 Å². The lowest BCUT2D eigenvalue weighted by Crippen LogP contribution is -2.43. The van der Waals surface area contributed by atoms with E-state index in [2.05, 4.69) is 0 Å². The summed E-state index contributed by atoms with van der Waals surface area (Å²) in [5.74, 6) is 0.141. The number of urea groups is 1. The molecule has 0 unspecified atom stereocenters. The second kappa shape index (κ2) is 11.4. The number of carbonyl (C=O) groups excluding carboxylic acids is 1. The predicted octanol–water partition coefficient (Wildman–Crippen LogP) is 5.88. The van der Waals surface area contributed by atoms with Gasteiger partial charge < -0.3 is 19.1 Å². The highest BCUT2D eigenvalue weighted by atomic mass is 19.1. The molecule has 2 amide bonds. The van der Waals surface area contributed by atoms with E-state index in [1.807, 2.05) is 42.3 Å². The normalized spacial score (nSPS) is 22.6. The molecule has 1 aliphatic heterocycles. The van der Waals surface area contributed by atoms with Crippen LogP contribution in [0.2, 0.25) is 0 Å². The summed E-state index contributed by atoms with van der Waals surface area (Å²) in [6, 6.07) is 12.6. The van der Waals surface area contributed by atoms with E-state index >= 15 is 0 Å². The van der Waals surface area contributed by atoms with Gasteiger partial charge in [-0.2, -0.15) is 0 Å². The van der Waals surface area contributed by atoms with Crippen LogP contribution in [0.1, 0.15) is 56.1 Å². The third-order valence-electron chi connectivity index (χ3n) is 7.50. The number of piperidine rings is 1. The highest BCUT2D eigenvalue weighted by Gasteiger charge is 2.37. The summed E-state index contributed by atoms with van der Waals surface area (Å²) >= 11 is 0. The van der Waals surface area contributed by atoms with Crippen LogP contribution >= 0.6 is 0 Å². The summed E-state index contributed by atoms with van der Waals surface area (Å²) in [6.07, 6.45) is 6.84. The molecular weight excluding hydrogens is 447 g/mol. The Morgan fingerprint density at radius 2 is 1.74 bits per heavy atom. The van der Waals surface area contributed by atoms with Gasteiger partial charge in [0, 0.05) is 46.1 Å². The average molecular weight is 485 g/mol. The number of methoxy groups -OCH3 is 2. The zero-order valence-corrected chi connectivity index (χ0v) is 21.1. The van der Waals surface area contributed by atoms with E-state index in [9.17, 15) is 9.18 Å². The number of nitrogens with zero attached hydrogens (tertiary/aromatic N) is 2. The van der Waals surface area contributed by atoms with Gasteiger partial charge in [-0.1, -0.05) is 12.1 Å². The van der Waals surface area contributed by atoms with Crippen LogP contribution < -0.4 is 9.64 Å². The van der Waals surface area contributed by atoms with Crippen molar-refractivity contribution in [3.8, 4) is 5.75 Å². The molecule has 2 fully saturated rings. The number of rotatable bonds is 7. The summed E-state index contributed by atoms with van der Waals surface area (Å²) in [5, 5.41) is 0. The van der Waals surface area contributed by atoms with E-state index in [-0.39, 0.29) is 18.0 Å². The number of hydrogen-bond acceptors (Lipinski definition) is 4. The SMILES string of the molecule is CO[C@H]1CC[C@](OC)(c2cc(F)cc(OCc3ccc(N(C)C(=O)N4CCCCC4)cc3)c2)CC1. The number of carbonyl (C=O) groups is 1. The van der Waals surface area contributed by atoms with Gasteiger partial charge in [0.15, 0.2) is 0 Å². The molecule has 2 aromatic rings. The van der Waals surface area contributed by atoms with Crippen LogP contribution in [0.4, 0.5) is 14.9 Å². The van der Waals surface area contributed by atoms with Gasteiger partial charge in [-0.25, -0.2) is 9.18 Å². The third-order valence-corrected chi connectivity index (χ3v) is 7.50. The Morgan fingerprint density at radius 3 is 2.37 bits per heavy atom. The summed E-state index contributed by atoms with van der Waals surface area (Å²) in [6.45, 7) is 1.95. The van der Waals surface area contributed by atoms with E-state index in [0.717, 1.165) is 68.4 Å². The van der Waals surface area contributed by atoms with Crippen molar-refractivity contribution in [2.45, 2.75) is 63.3 Å². The molecule has 0 bridgehead atoms. The molecule has 1 aliphatic carbocycles. The van der Waals surface area contributed by atoms with Gasteiger partial charge in [0.2, 0.25) is 0 Å². The molecule has 0 radical (unpaired) electrons. The standard InChI is InChI=1S/C28H37FN2O4/c1-30(27(32)31-15-5-4-6-16-31)24-9-7-21(8-10-24)20-35-26-18-22(17-23(29)19-26)28(34-3)13-11-25(33-2)12-14-28/h7-10,17-19,25H,4-6,11-16,20H2,1-3H3/t25-,28+. The van der Waals surface area contributed by atoms with Crippen molar-refractivity contribution in [3.63, 3.8) is 0 Å². The van der Waals surface area contributed by atoms with Crippen LogP contribution in [0.15, 0.2) is 42.5 Å². The molecule has 190 valence electrons. The zero-order valence-electron chi connectivity index (χ0n) is 21.1. The molecule has 0 atom stereocenters. The van der Waals surface area contributed by atoms with E-state index in [4.69, 9.17) is 14.2 Å². The molecule has 1 saturated carbocycles. The predicted molar refractivity (Wildman–Crippen MR) is 134 cm³/mol. The molecule has 4 rings (SSSR count). The maximum atomic E-state index is 14.5. The maximum absolute atomic E-state index is 14.5. The van der Waals surface area contributed by atoms with Gasteiger partial charge in [-0.05, 0) is 80.3 Å². The van der Waals surface area contributed by atoms with E-state index in [1.54, 1.807) is 25.2 Å². The molecule has 0 spiro atoms. The first kappa shape index (κ1) is 25.5. The number of halogens is 1. The molecule has 2 aliphatic rings.